The maximum Gasteiger partial charge on any atom is 0.251 e. The Morgan fingerprint density at radius 2 is 2.14 bits per heavy atom. The van der Waals surface area contributed by atoms with Crippen molar-refractivity contribution in [3.05, 3.63) is 29.8 Å². The number of hydrogen-bond donors (Lipinski definition) is 1. The average molecular weight is 289 g/mol. The number of nitrogens with one attached hydrogen (secondary N) is 1. The van der Waals surface area contributed by atoms with Crippen molar-refractivity contribution in [3.63, 3.8) is 0 Å². The summed E-state index contributed by atoms with van der Waals surface area (Å²) in [6, 6.07) is 8.58. The molecule has 1 heterocycles. The van der Waals surface area contributed by atoms with E-state index in [1.807, 2.05) is 43.3 Å². The van der Waals surface area contributed by atoms with Gasteiger partial charge >= 0.3 is 0 Å². The van der Waals surface area contributed by atoms with Gasteiger partial charge in [-0.15, -0.1) is 0 Å². The first-order chi connectivity index (χ1) is 9.97. The van der Waals surface area contributed by atoms with Crippen LogP contribution in [0.4, 0.5) is 5.69 Å². The lowest BCUT2D eigenvalue weighted by atomic mass is 10.0. The summed E-state index contributed by atoms with van der Waals surface area (Å²) in [6.45, 7) is 6.52. The van der Waals surface area contributed by atoms with Crippen molar-refractivity contribution < 1.29 is 4.79 Å². The zero-order valence-corrected chi connectivity index (χ0v) is 13.6. The number of benzene rings is 1. The molecule has 1 aromatic carbocycles. The number of hydrogen-bond acceptors (Lipinski definition) is 3. The Morgan fingerprint density at radius 1 is 1.38 bits per heavy atom. The van der Waals surface area contributed by atoms with E-state index in [9.17, 15) is 4.79 Å². The molecular formula is C17H27N3O. The molecule has 0 saturated carbocycles. The van der Waals surface area contributed by atoms with Gasteiger partial charge in [-0.1, -0.05) is 6.07 Å². The fourth-order valence-electron chi connectivity index (χ4n) is 2.79. The zero-order chi connectivity index (χ0) is 15.4. The molecule has 1 fully saturated rings. The lowest BCUT2D eigenvalue weighted by Gasteiger charge is -2.35. The fourth-order valence-corrected chi connectivity index (χ4v) is 2.79. The number of carbonyl (C=O) groups excluding carboxylic acids is 1. The number of nitrogens with zero attached hydrogens (tertiary/aromatic N) is 2. The van der Waals surface area contributed by atoms with Crippen molar-refractivity contribution in [2.24, 2.45) is 0 Å². The van der Waals surface area contributed by atoms with Gasteiger partial charge in [0.25, 0.3) is 5.91 Å². The molecule has 21 heavy (non-hydrogen) atoms. The third kappa shape index (κ3) is 4.21. The minimum atomic E-state index is 0.0364. The molecule has 0 aliphatic carbocycles. The smallest absolute Gasteiger partial charge is 0.251 e. The molecule has 4 nitrogen and oxygen atoms in total. The van der Waals surface area contributed by atoms with Crippen LogP contribution in [0.25, 0.3) is 0 Å². The van der Waals surface area contributed by atoms with Gasteiger partial charge < -0.3 is 10.2 Å². The van der Waals surface area contributed by atoms with E-state index in [2.05, 4.69) is 24.1 Å². The van der Waals surface area contributed by atoms with E-state index in [1.54, 1.807) is 0 Å². The summed E-state index contributed by atoms with van der Waals surface area (Å²) in [4.78, 5) is 16.9. The van der Waals surface area contributed by atoms with Gasteiger partial charge in [0.1, 0.15) is 0 Å². The molecule has 0 aromatic heterocycles. The molecular weight excluding hydrogens is 262 g/mol. The molecule has 1 N–H and O–H groups in total. The Kier molecular flexibility index (Phi) is 5.23. The number of likely N-dealkylation sites (tertiary alicyclic amines) is 1. The van der Waals surface area contributed by atoms with Crippen LogP contribution in [0.1, 0.15) is 37.0 Å². The first-order valence-electron chi connectivity index (χ1n) is 7.79. The van der Waals surface area contributed by atoms with E-state index in [1.165, 1.54) is 0 Å². The predicted octanol–water partition coefficient (Wildman–Crippen LogP) is 2.36. The van der Waals surface area contributed by atoms with E-state index in [0.29, 0.717) is 6.04 Å². The number of rotatable bonds is 4. The number of carbonyl (C=O) groups is 1. The van der Waals surface area contributed by atoms with Crippen molar-refractivity contribution in [3.8, 4) is 0 Å². The first-order valence-corrected chi connectivity index (χ1v) is 7.79. The largest absolute Gasteiger partial charge is 0.378 e. The number of anilines is 1. The van der Waals surface area contributed by atoms with E-state index in [4.69, 9.17) is 0 Å². The van der Waals surface area contributed by atoms with Gasteiger partial charge in [-0.3, -0.25) is 9.69 Å². The molecule has 116 valence electrons. The highest BCUT2D eigenvalue weighted by Crippen LogP contribution is 2.16. The number of amides is 1. The maximum atomic E-state index is 12.4. The standard InChI is InChI=1S/C17H27N3O/c1-13(2)20-10-6-8-15(12-20)18-17(21)14-7-5-9-16(11-14)19(3)4/h5,7,9,11,13,15H,6,8,10,12H2,1-4H3,(H,18,21)/t15-/m1/s1. The highest BCUT2D eigenvalue weighted by molar-refractivity contribution is 5.95. The normalized spacial score (nSPS) is 19.6. The fraction of sp³-hybridized carbons (Fsp3) is 0.588. The quantitative estimate of drug-likeness (QED) is 0.924. The number of piperidine rings is 1. The van der Waals surface area contributed by atoms with Crippen molar-refractivity contribution in [2.45, 2.75) is 38.8 Å². The Balaban J connectivity index is 1.99. The summed E-state index contributed by atoms with van der Waals surface area (Å²) >= 11 is 0. The van der Waals surface area contributed by atoms with Crippen molar-refractivity contribution in [1.82, 2.24) is 10.2 Å². The summed E-state index contributed by atoms with van der Waals surface area (Å²) < 4.78 is 0. The van der Waals surface area contributed by atoms with E-state index >= 15 is 0 Å². The highest BCUT2D eigenvalue weighted by atomic mass is 16.1. The van der Waals surface area contributed by atoms with Crippen LogP contribution < -0.4 is 10.2 Å². The maximum absolute atomic E-state index is 12.4. The summed E-state index contributed by atoms with van der Waals surface area (Å²) in [7, 11) is 3.97. The van der Waals surface area contributed by atoms with Gasteiger partial charge in [-0.2, -0.15) is 0 Å². The van der Waals surface area contributed by atoms with Crippen LogP contribution in [0.15, 0.2) is 24.3 Å². The molecule has 0 unspecified atom stereocenters. The summed E-state index contributed by atoms with van der Waals surface area (Å²) in [5, 5.41) is 3.19. The van der Waals surface area contributed by atoms with Gasteiger partial charge in [-0.05, 0) is 51.4 Å². The SMILES string of the molecule is CC(C)N1CCC[C@@H](NC(=O)c2cccc(N(C)C)c2)C1. The molecule has 1 aliphatic rings. The predicted molar refractivity (Wildman–Crippen MR) is 88.0 cm³/mol. The second-order valence-corrected chi connectivity index (χ2v) is 6.35. The molecule has 1 atom stereocenters. The Labute approximate surface area is 128 Å². The summed E-state index contributed by atoms with van der Waals surface area (Å²) in [6.07, 6.45) is 2.23. The summed E-state index contributed by atoms with van der Waals surface area (Å²) in [5.74, 6) is 0.0364. The minimum Gasteiger partial charge on any atom is -0.378 e. The van der Waals surface area contributed by atoms with Gasteiger partial charge in [0.15, 0.2) is 0 Å². The second kappa shape index (κ2) is 6.94. The van der Waals surface area contributed by atoms with E-state index in [-0.39, 0.29) is 11.9 Å². The molecule has 0 radical (unpaired) electrons. The van der Waals surface area contributed by atoms with Crippen LogP contribution in [0, 0.1) is 0 Å². The lowest BCUT2D eigenvalue weighted by Crippen LogP contribution is -2.49. The van der Waals surface area contributed by atoms with E-state index in [0.717, 1.165) is 37.2 Å². The second-order valence-electron chi connectivity index (χ2n) is 6.35. The lowest BCUT2D eigenvalue weighted by molar-refractivity contribution is 0.0886. The highest BCUT2D eigenvalue weighted by Gasteiger charge is 2.23. The van der Waals surface area contributed by atoms with Crippen LogP contribution in [-0.4, -0.2) is 50.1 Å². The van der Waals surface area contributed by atoms with Crippen LogP contribution in [0.2, 0.25) is 0 Å². The molecule has 0 spiro atoms. The molecule has 2 rings (SSSR count). The van der Waals surface area contributed by atoms with Gasteiger partial charge in [0, 0.05) is 44.0 Å². The van der Waals surface area contributed by atoms with Crippen molar-refractivity contribution in [2.75, 3.05) is 32.1 Å². The molecule has 4 heteroatoms. The Morgan fingerprint density at radius 3 is 2.81 bits per heavy atom. The monoisotopic (exact) mass is 289 g/mol. The minimum absolute atomic E-state index is 0.0364. The van der Waals surface area contributed by atoms with Gasteiger partial charge in [0.05, 0.1) is 0 Å². The first kappa shape index (κ1) is 15.8. The molecule has 1 amide bonds. The van der Waals surface area contributed by atoms with Crippen LogP contribution in [0.5, 0.6) is 0 Å². The van der Waals surface area contributed by atoms with Crippen LogP contribution >= 0.6 is 0 Å². The van der Waals surface area contributed by atoms with Crippen LogP contribution in [-0.2, 0) is 0 Å². The molecule has 1 aromatic rings. The topological polar surface area (TPSA) is 35.6 Å². The van der Waals surface area contributed by atoms with Gasteiger partial charge in [0.2, 0.25) is 0 Å². The third-order valence-electron chi connectivity index (χ3n) is 4.14. The van der Waals surface area contributed by atoms with E-state index < -0.39 is 0 Å². The Bertz CT molecular complexity index is 485. The third-order valence-corrected chi connectivity index (χ3v) is 4.14. The molecule has 1 saturated heterocycles. The molecule has 0 bridgehead atoms. The average Bonchev–Trinajstić information content (AvgIpc) is 2.47. The zero-order valence-electron chi connectivity index (χ0n) is 13.6. The van der Waals surface area contributed by atoms with Crippen molar-refractivity contribution in [1.29, 1.82) is 0 Å². The Hall–Kier alpha value is -1.55. The van der Waals surface area contributed by atoms with Gasteiger partial charge in [-0.25, -0.2) is 0 Å². The van der Waals surface area contributed by atoms with Crippen molar-refractivity contribution >= 4 is 11.6 Å². The summed E-state index contributed by atoms with van der Waals surface area (Å²) in [5.41, 5.74) is 1.79. The van der Waals surface area contributed by atoms with Crippen LogP contribution in [0.3, 0.4) is 0 Å². The molecule has 1 aliphatic heterocycles.